The summed E-state index contributed by atoms with van der Waals surface area (Å²) in [4.78, 5) is 27.5. The molecule has 4 rings (SSSR count). The predicted molar refractivity (Wildman–Crippen MR) is 112 cm³/mol. The van der Waals surface area contributed by atoms with Gasteiger partial charge < -0.3 is 15.0 Å². The number of hydrogen-bond acceptors (Lipinski definition) is 7. The zero-order valence-corrected chi connectivity index (χ0v) is 17.8. The fourth-order valence-corrected chi connectivity index (χ4v) is 3.91. The largest absolute Gasteiger partial charge is 0.444 e. The second-order valence-corrected chi connectivity index (χ2v) is 9.13. The molecule has 1 saturated carbocycles. The lowest BCUT2D eigenvalue weighted by atomic mass is 10.0. The molecular formula is C22H26N6O2. The lowest BCUT2D eigenvalue weighted by Gasteiger charge is -2.24. The highest BCUT2D eigenvalue weighted by Gasteiger charge is 2.56. The molecule has 2 fully saturated rings. The topological polar surface area (TPSA) is 104 Å². The molecule has 3 heterocycles. The number of aromatic nitrogens is 3. The molecule has 2 aromatic heterocycles. The van der Waals surface area contributed by atoms with Crippen molar-refractivity contribution in [3.05, 3.63) is 35.8 Å². The normalized spacial score (nSPS) is 19.4. The number of anilines is 1. The average Bonchev–Trinajstić information content (AvgIpc) is 3.37. The maximum Gasteiger partial charge on any atom is 0.410 e. The van der Waals surface area contributed by atoms with Gasteiger partial charge in [-0.05, 0) is 58.7 Å². The van der Waals surface area contributed by atoms with E-state index in [0.29, 0.717) is 24.6 Å². The van der Waals surface area contributed by atoms with Crippen LogP contribution in [0.2, 0.25) is 0 Å². The second kappa shape index (κ2) is 7.24. The summed E-state index contributed by atoms with van der Waals surface area (Å²) >= 11 is 0. The summed E-state index contributed by atoms with van der Waals surface area (Å²) in [7, 11) is 0. The summed E-state index contributed by atoms with van der Waals surface area (Å²) in [6.07, 6.45) is 3.51. The van der Waals surface area contributed by atoms with Crippen LogP contribution in [0.5, 0.6) is 0 Å². The minimum atomic E-state index is -0.501. The van der Waals surface area contributed by atoms with Crippen LogP contribution in [-0.4, -0.2) is 50.7 Å². The van der Waals surface area contributed by atoms with Crippen molar-refractivity contribution >= 4 is 11.9 Å². The van der Waals surface area contributed by atoms with E-state index < -0.39 is 5.60 Å². The van der Waals surface area contributed by atoms with Gasteiger partial charge in [0.2, 0.25) is 0 Å². The van der Waals surface area contributed by atoms with Gasteiger partial charge in [-0.3, -0.25) is 0 Å². The highest BCUT2D eigenvalue weighted by molar-refractivity contribution is 5.69. The van der Waals surface area contributed by atoms with Gasteiger partial charge in [-0.15, -0.1) is 0 Å². The van der Waals surface area contributed by atoms with Crippen molar-refractivity contribution < 1.29 is 9.53 Å². The number of amides is 1. The standard InChI is InChI=1S/C22H26N6O2/c1-14-16(19-24-10-7-15(11-23)26-19)5-6-18(25-14)27-17-12-28(13-22(17)8-9-22)20(29)30-21(2,3)4/h5-7,10,17H,8-9,12-13H2,1-4H3,(H,25,27). The van der Waals surface area contributed by atoms with E-state index in [9.17, 15) is 4.79 Å². The van der Waals surface area contributed by atoms with E-state index in [1.165, 1.54) is 0 Å². The molecule has 2 aliphatic rings. The van der Waals surface area contributed by atoms with Gasteiger partial charge in [0, 0.05) is 30.3 Å². The van der Waals surface area contributed by atoms with Crippen LogP contribution in [0.25, 0.3) is 11.4 Å². The first-order valence-electron chi connectivity index (χ1n) is 10.1. The average molecular weight is 406 g/mol. The monoisotopic (exact) mass is 406 g/mol. The molecule has 1 amide bonds. The molecule has 1 saturated heterocycles. The molecule has 30 heavy (non-hydrogen) atoms. The van der Waals surface area contributed by atoms with Crippen LogP contribution in [0, 0.1) is 23.7 Å². The molecule has 1 spiro atoms. The Balaban J connectivity index is 1.49. The number of hydrogen-bond donors (Lipinski definition) is 1. The van der Waals surface area contributed by atoms with E-state index >= 15 is 0 Å². The zero-order chi connectivity index (χ0) is 21.5. The molecule has 0 bridgehead atoms. The SMILES string of the molecule is Cc1nc(NC2CN(C(=O)OC(C)(C)C)CC23CC3)ccc1-c1nccc(C#N)n1. The van der Waals surface area contributed by atoms with E-state index in [-0.39, 0.29) is 17.6 Å². The van der Waals surface area contributed by atoms with Crippen molar-refractivity contribution in [2.45, 2.75) is 52.2 Å². The summed E-state index contributed by atoms with van der Waals surface area (Å²) in [6, 6.07) is 7.57. The first-order valence-corrected chi connectivity index (χ1v) is 10.1. The number of ether oxygens (including phenoxy) is 1. The van der Waals surface area contributed by atoms with Gasteiger partial charge in [0.15, 0.2) is 5.82 Å². The predicted octanol–water partition coefficient (Wildman–Crippen LogP) is 3.53. The Morgan fingerprint density at radius 3 is 2.70 bits per heavy atom. The number of rotatable bonds is 3. The Bertz CT molecular complexity index is 1020. The maximum atomic E-state index is 12.5. The van der Waals surface area contributed by atoms with E-state index in [0.717, 1.165) is 29.9 Å². The third-order valence-corrected chi connectivity index (χ3v) is 5.61. The number of likely N-dealkylation sites (tertiary alicyclic amines) is 1. The Morgan fingerprint density at radius 2 is 2.07 bits per heavy atom. The molecule has 8 heteroatoms. The van der Waals surface area contributed by atoms with Crippen LogP contribution in [-0.2, 0) is 4.74 Å². The van der Waals surface area contributed by atoms with Crippen molar-refractivity contribution in [3.63, 3.8) is 0 Å². The van der Waals surface area contributed by atoms with Crippen molar-refractivity contribution in [2.75, 3.05) is 18.4 Å². The Labute approximate surface area is 176 Å². The number of nitrogens with one attached hydrogen (secondary N) is 1. The summed E-state index contributed by atoms with van der Waals surface area (Å²) in [5.41, 5.74) is 1.50. The molecule has 0 aromatic carbocycles. The quantitative estimate of drug-likeness (QED) is 0.831. The highest BCUT2D eigenvalue weighted by atomic mass is 16.6. The number of carbonyl (C=O) groups is 1. The van der Waals surface area contributed by atoms with E-state index in [2.05, 4.69) is 20.3 Å². The summed E-state index contributed by atoms with van der Waals surface area (Å²) < 4.78 is 5.55. The van der Waals surface area contributed by atoms with E-state index in [1.54, 1.807) is 17.2 Å². The number of carbonyl (C=O) groups excluding carboxylic acids is 1. The Morgan fingerprint density at radius 1 is 1.30 bits per heavy atom. The second-order valence-electron chi connectivity index (χ2n) is 9.13. The number of nitriles is 1. The van der Waals surface area contributed by atoms with Gasteiger partial charge in [-0.1, -0.05) is 0 Å². The summed E-state index contributed by atoms with van der Waals surface area (Å²) in [5, 5.41) is 12.6. The molecule has 2 aromatic rings. The van der Waals surface area contributed by atoms with Crippen LogP contribution < -0.4 is 5.32 Å². The number of pyridine rings is 1. The molecule has 1 atom stereocenters. The molecule has 156 valence electrons. The van der Waals surface area contributed by atoms with Gasteiger partial charge in [-0.2, -0.15) is 5.26 Å². The molecule has 1 unspecified atom stereocenters. The summed E-state index contributed by atoms with van der Waals surface area (Å²) in [6.45, 7) is 8.86. The van der Waals surface area contributed by atoms with E-state index in [1.807, 2.05) is 45.9 Å². The van der Waals surface area contributed by atoms with Crippen LogP contribution in [0.15, 0.2) is 24.4 Å². The van der Waals surface area contributed by atoms with Gasteiger partial charge >= 0.3 is 6.09 Å². The number of nitrogens with zero attached hydrogens (tertiary/aromatic N) is 5. The van der Waals surface area contributed by atoms with E-state index in [4.69, 9.17) is 10.00 Å². The van der Waals surface area contributed by atoms with Gasteiger partial charge in [-0.25, -0.2) is 19.7 Å². The molecule has 0 radical (unpaired) electrons. The zero-order valence-electron chi connectivity index (χ0n) is 17.8. The van der Waals surface area contributed by atoms with Crippen molar-refractivity contribution in [1.82, 2.24) is 19.9 Å². The molecule has 1 aliphatic carbocycles. The Hall–Kier alpha value is -3.21. The van der Waals surface area contributed by atoms with Crippen LogP contribution in [0.3, 0.4) is 0 Å². The summed E-state index contributed by atoms with van der Waals surface area (Å²) in [5.74, 6) is 1.25. The van der Waals surface area contributed by atoms with Gasteiger partial charge in [0.05, 0.1) is 11.7 Å². The lowest BCUT2D eigenvalue weighted by molar-refractivity contribution is 0.0285. The molecule has 1 N–H and O–H groups in total. The maximum absolute atomic E-state index is 12.5. The Kier molecular flexibility index (Phi) is 4.85. The molecule has 1 aliphatic heterocycles. The number of aryl methyl sites for hydroxylation is 1. The first kappa shape index (κ1) is 20.1. The minimum absolute atomic E-state index is 0.107. The van der Waals surface area contributed by atoms with Gasteiger partial charge in [0.1, 0.15) is 23.2 Å². The first-order chi connectivity index (χ1) is 14.2. The third-order valence-electron chi connectivity index (χ3n) is 5.61. The van der Waals surface area contributed by atoms with Crippen molar-refractivity contribution in [3.8, 4) is 17.5 Å². The van der Waals surface area contributed by atoms with Crippen LogP contribution in [0.4, 0.5) is 10.6 Å². The van der Waals surface area contributed by atoms with Crippen molar-refractivity contribution in [2.24, 2.45) is 5.41 Å². The van der Waals surface area contributed by atoms with Gasteiger partial charge in [0.25, 0.3) is 0 Å². The molecule has 8 nitrogen and oxygen atoms in total. The lowest BCUT2D eigenvalue weighted by Crippen LogP contribution is -2.36. The highest BCUT2D eigenvalue weighted by Crippen LogP contribution is 2.53. The minimum Gasteiger partial charge on any atom is -0.444 e. The smallest absolute Gasteiger partial charge is 0.410 e. The molecular weight excluding hydrogens is 380 g/mol. The fourth-order valence-electron chi connectivity index (χ4n) is 3.91. The fraction of sp³-hybridized carbons (Fsp3) is 0.500. The van der Waals surface area contributed by atoms with Crippen LogP contribution >= 0.6 is 0 Å². The third kappa shape index (κ3) is 4.06. The van der Waals surface area contributed by atoms with Crippen molar-refractivity contribution in [1.29, 1.82) is 5.26 Å². The van der Waals surface area contributed by atoms with Crippen LogP contribution in [0.1, 0.15) is 45.0 Å².